The number of para-hydroxylation sites is 1. The standard InChI is InChI=1S/C23H25N3O3/c1-16-8-2-3-9-17(16)14-24-21(27)15-26-19-11-5-4-10-18(19)22(28)25-13-7-6-12-20(25)23(26)29/h2-5,8-11,20H,6-7,12-15H2,1H3,(H,24,27). The molecule has 2 heterocycles. The molecule has 4 rings (SSSR count). The number of hydrogen-bond acceptors (Lipinski definition) is 3. The lowest BCUT2D eigenvalue weighted by Crippen LogP contribution is -2.52. The summed E-state index contributed by atoms with van der Waals surface area (Å²) < 4.78 is 0. The number of fused-ring (bicyclic) bond motifs is 2. The molecular weight excluding hydrogens is 366 g/mol. The Kier molecular flexibility index (Phi) is 5.34. The van der Waals surface area contributed by atoms with Gasteiger partial charge >= 0.3 is 0 Å². The van der Waals surface area contributed by atoms with Gasteiger partial charge in [0.1, 0.15) is 12.6 Å². The Bertz CT molecular complexity index is 956. The number of aryl methyl sites for hydroxylation is 1. The number of carbonyl (C=O) groups excluding carboxylic acids is 3. The van der Waals surface area contributed by atoms with E-state index in [2.05, 4.69) is 5.32 Å². The van der Waals surface area contributed by atoms with Crippen molar-refractivity contribution < 1.29 is 14.4 Å². The topological polar surface area (TPSA) is 69.7 Å². The Morgan fingerprint density at radius 3 is 2.66 bits per heavy atom. The van der Waals surface area contributed by atoms with Crippen LogP contribution in [0.2, 0.25) is 0 Å². The minimum absolute atomic E-state index is 0.0979. The fourth-order valence-electron chi connectivity index (χ4n) is 4.14. The minimum Gasteiger partial charge on any atom is -0.350 e. The predicted molar refractivity (Wildman–Crippen MR) is 110 cm³/mol. The summed E-state index contributed by atoms with van der Waals surface area (Å²) in [5.74, 6) is -0.538. The van der Waals surface area contributed by atoms with Crippen LogP contribution in [0.4, 0.5) is 5.69 Å². The normalized spacial score (nSPS) is 18.7. The van der Waals surface area contributed by atoms with E-state index in [1.54, 1.807) is 29.2 Å². The zero-order valence-corrected chi connectivity index (χ0v) is 16.6. The molecule has 2 aromatic carbocycles. The van der Waals surface area contributed by atoms with Gasteiger partial charge in [-0.1, -0.05) is 36.4 Å². The number of anilines is 1. The Balaban J connectivity index is 1.57. The number of nitrogens with one attached hydrogen (secondary N) is 1. The molecule has 0 saturated carbocycles. The van der Waals surface area contributed by atoms with Crippen molar-refractivity contribution in [2.45, 2.75) is 38.8 Å². The van der Waals surface area contributed by atoms with Crippen molar-refractivity contribution >= 4 is 23.4 Å². The lowest BCUT2D eigenvalue weighted by atomic mass is 10.0. The molecule has 1 fully saturated rings. The third-order valence-electron chi connectivity index (χ3n) is 5.78. The molecule has 6 heteroatoms. The van der Waals surface area contributed by atoms with Crippen LogP contribution in [0, 0.1) is 6.92 Å². The minimum atomic E-state index is -0.493. The van der Waals surface area contributed by atoms with Gasteiger partial charge in [-0.05, 0) is 49.4 Å². The molecule has 1 unspecified atom stereocenters. The van der Waals surface area contributed by atoms with E-state index in [1.165, 1.54) is 4.90 Å². The van der Waals surface area contributed by atoms with E-state index < -0.39 is 6.04 Å². The molecule has 2 aliphatic heterocycles. The number of piperidine rings is 1. The van der Waals surface area contributed by atoms with Crippen LogP contribution in [0.15, 0.2) is 48.5 Å². The highest BCUT2D eigenvalue weighted by molar-refractivity contribution is 6.12. The van der Waals surface area contributed by atoms with Crippen LogP contribution in [0.25, 0.3) is 0 Å². The lowest BCUT2D eigenvalue weighted by Gasteiger charge is -2.34. The maximum atomic E-state index is 13.3. The van der Waals surface area contributed by atoms with Crippen molar-refractivity contribution in [2.75, 3.05) is 18.0 Å². The summed E-state index contributed by atoms with van der Waals surface area (Å²) in [5, 5.41) is 2.91. The molecule has 6 nitrogen and oxygen atoms in total. The van der Waals surface area contributed by atoms with Gasteiger partial charge in [0, 0.05) is 13.1 Å². The van der Waals surface area contributed by atoms with Crippen molar-refractivity contribution in [2.24, 2.45) is 0 Å². The molecule has 0 bridgehead atoms. The molecular formula is C23H25N3O3. The molecule has 1 N–H and O–H groups in total. The second-order valence-corrected chi connectivity index (χ2v) is 7.65. The first-order chi connectivity index (χ1) is 14.1. The summed E-state index contributed by atoms with van der Waals surface area (Å²) in [4.78, 5) is 42.2. The summed E-state index contributed by atoms with van der Waals surface area (Å²) in [5.41, 5.74) is 3.14. The Hall–Kier alpha value is -3.15. The first-order valence-corrected chi connectivity index (χ1v) is 10.1. The molecule has 2 aliphatic rings. The molecule has 0 aliphatic carbocycles. The Morgan fingerprint density at radius 1 is 1.07 bits per heavy atom. The monoisotopic (exact) mass is 391 g/mol. The first kappa shape index (κ1) is 19.2. The van der Waals surface area contributed by atoms with E-state index in [4.69, 9.17) is 0 Å². The summed E-state index contributed by atoms with van der Waals surface area (Å²) in [6.45, 7) is 2.89. The van der Waals surface area contributed by atoms with Gasteiger partial charge in [0.15, 0.2) is 0 Å². The van der Waals surface area contributed by atoms with Crippen molar-refractivity contribution in [3.8, 4) is 0 Å². The second kappa shape index (κ2) is 8.07. The molecule has 150 valence electrons. The zero-order valence-electron chi connectivity index (χ0n) is 16.6. The van der Waals surface area contributed by atoms with Crippen LogP contribution in [0.5, 0.6) is 0 Å². The molecule has 2 aromatic rings. The number of rotatable bonds is 4. The highest BCUT2D eigenvalue weighted by Gasteiger charge is 2.40. The Morgan fingerprint density at radius 2 is 1.83 bits per heavy atom. The van der Waals surface area contributed by atoms with Crippen LogP contribution in [0.1, 0.15) is 40.7 Å². The first-order valence-electron chi connectivity index (χ1n) is 10.1. The van der Waals surface area contributed by atoms with Gasteiger partial charge in [-0.3, -0.25) is 14.4 Å². The fraction of sp³-hybridized carbons (Fsp3) is 0.348. The van der Waals surface area contributed by atoms with Crippen LogP contribution in [-0.4, -0.2) is 41.8 Å². The van der Waals surface area contributed by atoms with Crippen molar-refractivity contribution in [3.63, 3.8) is 0 Å². The number of benzene rings is 2. The van der Waals surface area contributed by atoms with Crippen LogP contribution in [0.3, 0.4) is 0 Å². The van der Waals surface area contributed by atoms with E-state index in [9.17, 15) is 14.4 Å². The third-order valence-corrected chi connectivity index (χ3v) is 5.78. The SMILES string of the molecule is Cc1ccccc1CNC(=O)CN1C(=O)C2CCCCN2C(=O)c2ccccc21. The van der Waals surface area contributed by atoms with Gasteiger partial charge < -0.3 is 15.1 Å². The van der Waals surface area contributed by atoms with Crippen molar-refractivity contribution in [1.29, 1.82) is 0 Å². The largest absolute Gasteiger partial charge is 0.350 e. The average molecular weight is 391 g/mol. The van der Waals surface area contributed by atoms with E-state index in [1.807, 2.05) is 31.2 Å². The van der Waals surface area contributed by atoms with Gasteiger partial charge in [-0.2, -0.15) is 0 Å². The van der Waals surface area contributed by atoms with Crippen LogP contribution >= 0.6 is 0 Å². The molecule has 0 aromatic heterocycles. The van der Waals surface area contributed by atoms with Gasteiger partial charge in [0.2, 0.25) is 11.8 Å². The number of carbonyl (C=O) groups is 3. The lowest BCUT2D eigenvalue weighted by molar-refractivity contribution is -0.126. The highest BCUT2D eigenvalue weighted by atomic mass is 16.2. The van der Waals surface area contributed by atoms with Crippen molar-refractivity contribution in [3.05, 3.63) is 65.2 Å². The molecule has 3 amide bonds. The van der Waals surface area contributed by atoms with Crippen molar-refractivity contribution in [1.82, 2.24) is 10.2 Å². The van der Waals surface area contributed by atoms with Crippen LogP contribution in [-0.2, 0) is 16.1 Å². The summed E-state index contributed by atoms with van der Waals surface area (Å²) >= 11 is 0. The maximum absolute atomic E-state index is 13.3. The summed E-state index contributed by atoms with van der Waals surface area (Å²) in [6, 6.07) is 14.4. The molecule has 0 radical (unpaired) electrons. The molecule has 29 heavy (non-hydrogen) atoms. The average Bonchev–Trinajstić information content (AvgIpc) is 2.83. The third kappa shape index (κ3) is 3.75. The number of hydrogen-bond donors (Lipinski definition) is 1. The van der Waals surface area contributed by atoms with Gasteiger partial charge in [-0.15, -0.1) is 0 Å². The molecule has 1 saturated heterocycles. The molecule has 1 atom stereocenters. The van der Waals surface area contributed by atoms with E-state index in [-0.39, 0.29) is 24.3 Å². The van der Waals surface area contributed by atoms with E-state index in [0.717, 1.165) is 24.0 Å². The van der Waals surface area contributed by atoms with Crippen LogP contribution < -0.4 is 10.2 Å². The zero-order chi connectivity index (χ0) is 20.4. The highest BCUT2D eigenvalue weighted by Crippen LogP contribution is 2.31. The Labute approximate surface area is 170 Å². The molecule has 0 spiro atoms. The van der Waals surface area contributed by atoms with E-state index in [0.29, 0.717) is 30.8 Å². The second-order valence-electron chi connectivity index (χ2n) is 7.65. The van der Waals surface area contributed by atoms with Gasteiger partial charge in [-0.25, -0.2) is 0 Å². The summed E-state index contributed by atoms with van der Waals surface area (Å²) in [7, 11) is 0. The smallest absolute Gasteiger partial charge is 0.256 e. The van der Waals surface area contributed by atoms with Gasteiger partial charge in [0.05, 0.1) is 11.3 Å². The van der Waals surface area contributed by atoms with Gasteiger partial charge in [0.25, 0.3) is 5.91 Å². The summed E-state index contributed by atoms with van der Waals surface area (Å²) in [6.07, 6.45) is 2.44. The predicted octanol–water partition coefficient (Wildman–Crippen LogP) is 2.65. The van der Waals surface area contributed by atoms with E-state index >= 15 is 0 Å². The number of nitrogens with zero attached hydrogens (tertiary/aromatic N) is 2. The number of amides is 3. The quantitative estimate of drug-likeness (QED) is 0.871. The maximum Gasteiger partial charge on any atom is 0.256 e. The fourth-order valence-corrected chi connectivity index (χ4v) is 4.14.